The number of hydrogen-bond donors (Lipinski definition) is 0. The average Bonchev–Trinajstić information content (AvgIpc) is 2.63. The first-order valence-electron chi connectivity index (χ1n) is 9.51. The minimum atomic E-state index is -0.422. The van der Waals surface area contributed by atoms with Gasteiger partial charge in [0.2, 0.25) is 0 Å². The Morgan fingerprint density at radius 2 is 1.70 bits per heavy atom. The van der Waals surface area contributed by atoms with Crippen molar-refractivity contribution in [3.05, 3.63) is 64.2 Å². The van der Waals surface area contributed by atoms with Crippen LogP contribution in [0.5, 0.6) is 5.75 Å². The molecule has 0 fully saturated rings. The summed E-state index contributed by atoms with van der Waals surface area (Å²) in [5.41, 5.74) is 4.20. The zero-order valence-electron chi connectivity index (χ0n) is 16.6. The summed E-state index contributed by atoms with van der Waals surface area (Å²) in [5, 5.41) is 0. The highest BCUT2D eigenvalue weighted by Crippen LogP contribution is 2.27. The van der Waals surface area contributed by atoms with Gasteiger partial charge in [0.25, 0.3) is 0 Å². The van der Waals surface area contributed by atoms with Crippen molar-refractivity contribution in [2.75, 3.05) is 6.61 Å². The van der Waals surface area contributed by atoms with E-state index in [1.54, 1.807) is 19.1 Å². The Morgan fingerprint density at radius 1 is 1.00 bits per heavy atom. The molecule has 0 unspecified atom stereocenters. The Balaban J connectivity index is 2.20. The normalized spacial score (nSPS) is 10.5. The summed E-state index contributed by atoms with van der Waals surface area (Å²) in [4.78, 5) is 24.5. The van der Waals surface area contributed by atoms with Gasteiger partial charge >= 0.3 is 11.9 Å². The number of benzene rings is 2. The minimum Gasteiger partial charge on any atom is -0.466 e. The Bertz CT molecular complexity index is 791. The number of ether oxygens (including phenoxy) is 2. The first-order valence-corrected chi connectivity index (χ1v) is 9.51. The SMILES string of the molecule is CCCCc1ccc(C(=O)Oc2c(C)cc(C)cc2CC(=O)OCC)cc1. The fourth-order valence-corrected chi connectivity index (χ4v) is 3.03. The number of carbonyl (C=O) groups excluding carboxylic acids is 2. The molecule has 0 aliphatic heterocycles. The zero-order chi connectivity index (χ0) is 19.8. The van der Waals surface area contributed by atoms with E-state index in [9.17, 15) is 9.59 Å². The van der Waals surface area contributed by atoms with Crippen LogP contribution in [0.1, 0.15) is 59.3 Å². The number of carbonyl (C=O) groups is 2. The Labute approximate surface area is 161 Å². The Kier molecular flexibility index (Phi) is 7.59. The lowest BCUT2D eigenvalue weighted by Gasteiger charge is -2.14. The summed E-state index contributed by atoms with van der Waals surface area (Å²) in [6.45, 7) is 8.07. The van der Waals surface area contributed by atoms with Crippen LogP contribution in [0, 0.1) is 13.8 Å². The first-order chi connectivity index (χ1) is 12.9. The number of unbranched alkanes of at least 4 members (excludes halogenated alkanes) is 1. The summed E-state index contributed by atoms with van der Waals surface area (Å²) in [6, 6.07) is 11.3. The maximum absolute atomic E-state index is 12.6. The van der Waals surface area contributed by atoms with Gasteiger partial charge in [0.05, 0.1) is 18.6 Å². The van der Waals surface area contributed by atoms with E-state index in [2.05, 4.69) is 6.92 Å². The molecule has 0 heterocycles. The molecular weight excluding hydrogens is 340 g/mol. The van der Waals surface area contributed by atoms with Gasteiger partial charge in [0, 0.05) is 5.56 Å². The fourth-order valence-electron chi connectivity index (χ4n) is 3.03. The van der Waals surface area contributed by atoms with Crippen molar-refractivity contribution in [2.45, 2.75) is 53.4 Å². The molecule has 0 N–H and O–H groups in total. The standard InChI is InChI=1S/C23H28O4/c1-5-7-8-18-9-11-19(12-10-18)23(25)27-22-17(4)13-16(3)14-20(22)15-21(24)26-6-2/h9-14H,5-8,15H2,1-4H3. The molecule has 4 nitrogen and oxygen atoms in total. The van der Waals surface area contributed by atoms with Gasteiger partial charge in [-0.2, -0.15) is 0 Å². The molecular formula is C23H28O4. The first kappa shape index (κ1) is 20.7. The number of aryl methyl sites for hydroxylation is 3. The van der Waals surface area contributed by atoms with Gasteiger partial charge in [-0.1, -0.05) is 43.2 Å². The van der Waals surface area contributed by atoms with Crippen LogP contribution in [-0.4, -0.2) is 18.5 Å². The van der Waals surface area contributed by atoms with Crippen molar-refractivity contribution >= 4 is 11.9 Å². The Morgan fingerprint density at radius 3 is 2.33 bits per heavy atom. The molecule has 0 amide bonds. The fraction of sp³-hybridized carbons (Fsp3) is 0.391. The van der Waals surface area contributed by atoms with Crippen LogP contribution < -0.4 is 4.74 Å². The zero-order valence-corrected chi connectivity index (χ0v) is 16.6. The summed E-state index contributed by atoms with van der Waals surface area (Å²) in [7, 11) is 0. The smallest absolute Gasteiger partial charge is 0.343 e. The molecule has 0 aromatic heterocycles. The van der Waals surface area contributed by atoms with Crippen molar-refractivity contribution in [1.82, 2.24) is 0 Å². The van der Waals surface area contributed by atoms with Crippen molar-refractivity contribution in [1.29, 1.82) is 0 Å². The quantitative estimate of drug-likeness (QED) is 0.487. The number of hydrogen-bond acceptors (Lipinski definition) is 4. The average molecular weight is 368 g/mol. The van der Waals surface area contributed by atoms with Gasteiger partial charge in [-0.15, -0.1) is 0 Å². The second kappa shape index (κ2) is 9.91. The second-order valence-electron chi connectivity index (χ2n) is 6.74. The van der Waals surface area contributed by atoms with Crippen molar-refractivity contribution < 1.29 is 19.1 Å². The summed E-state index contributed by atoms with van der Waals surface area (Å²) >= 11 is 0. The summed E-state index contributed by atoms with van der Waals surface area (Å²) < 4.78 is 10.7. The molecule has 0 atom stereocenters. The molecule has 4 heteroatoms. The minimum absolute atomic E-state index is 0.0783. The molecule has 2 rings (SSSR count). The van der Waals surface area contributed by atoms with Crippen LogP contribution in [0.4, 0.5) is 0 Å². The van der Waals surface area contributed by atoms with Gasteiger partial charge in [-0.3, -0.25) is 4.79 Å². The van der Waals surface area contributed by atoms with E-state index >= 15 is 0 Å². The van der Waals surface area contributed by atoms with E-state index in [1.165, 1.54) is 5.56 Å². The number of rotatable bonds is 8. The Hall–Kier alpha value is -2.62. The second-order valence-corrected chi connectivity index (χ2v) is 6.74. The molecule has 0 bridgehead atoms. The third-order valence-electron chi connectivity index (χ3n) is 4.34. The van der Waals surface area contributed by atoms with Gasteiger partial charge in [0.15, 0.2) is 0 Å². The molecule has 0 spiro atoms. The lowest BCUT2D eigenvalue weighted by molar-refractivity contribution is -0.142. The summed E-state index contributed by atoms with van der Waals surface area (Å²) in [5.74, 6) is -0.317. The van der Waals surface area contributed by atoms with Gasteiger partial charge in [-0.25, -0.2) is 4.79 Å². The molecule has 0 radical (unpaired) electrons. The van der Waals surface area contributed by atoms with Crippen molar-refractivity contribution in [2.24, 2.45) is 0 Å². The lowest BCUT2D eigenvalue weighted by atomic mass is 10.0. The molecule has 2 aromatic carbocycles. The topological polar surface area (TPSA) is 52.6 Å². The highest BCUT2D eigenvalue weighted by Gasteiger charge is 2.17. The van der Waals surface area contributed by atoms with Crippen molar-refractivity contribution in [3.8, 4) is 5.75 Å². The van der Waals surface area contributed by atoms with E-state index < -0.39 is 5.97 Å². The molecule has 0 saturated heterocycles. The van der Waals surface area contributed by atoms with E-state index in [1.807, 2.05) is 38.1 Å². The highest BCUT2D eigenvalue weighted by molar-refractivity contribution is 5.91. The van der Waals surface area contributed by atoms with Gasteiger partial charge in [0.1, 0.15) is 5.75 Å². The van der Waals surface area contributed by atoms with Crippen LogP contribution in [-0.2, 0) is 22.4 Å². The van der Waals surface area contributed by atoms with E-state index in [0.717, 1.165) is 30.4 Å². The predicted molar refractivity (Wildman–Crippen MR) is 106 cm³/mol. The van der Waals surface area contributed by atoms with Crippen LogP contribution in [0.25, 0.3) is 0 Å². The molecule has 0 aliphatic carbocycles. The van der Waals surface area contributed by atoms with Crippen LogP contribution in [0.2, 0.25) is 0 Å². The monoisotopic (exact) mass is 368 g/mol. The third-order valence-corrected chi connectivity index (χ3v) is 4.34. The van der Waals surface area contributed by atoms with E-state index in [4.69, 9.17) is 9.47 Å². The van der Waals surface area contributed by atoms with E-state index in [0.29, 0.717) is 23.5 Å². The van der Waals surface area contributed by atoms with Crippen LogP contribution in [0.3, 0.4) is 0 Å². The maximum atomic E-state index is 12.6. The summed E-state index contributed by atoms with van der Waals surface area (Å²) in [6.07, 6.45) is 3.35. The highest BCUT2D eigenvalue weighted by atomic mass is 16.5. The maximum Gasteiger partial charge on any atom is 0.343 e. The lowest BCUT2D eigenvalue weighted by Crippen LogP contribution is -2.14. The molecule has 0 saturated carbocycles. The van der Waals surface area contributed by atoms with Gasteiger partial charge < -0.3 is 9.47 Å². The van der Waals surface area contributed by atoms with E-state index in [-0.39, 0.29) is 12.4 Å². The van der Waals surface area contributed by atoms with Gasteiger partial charge in [-0.05, 0) is 56.9 Å². The third kappa shape index (κ3) is 5.95. The van der Waals surface area contributed by atoms with Crippen LogP contribution in [0.15, 0.2) is 36.4 Å². The van der Waals surface area contributed by atoms with Crippen LogP contribution >= 0.6 is 0 Å². The molecule has 0 aliphatic rings. The largest absolute Gasteiger partial charge is 0.466 e. The molecule has 27 heavy (non-hydrogen) atoms. The molecule has 144 valence electrons. The predicted octanol–water partition coefficient (Wildman–Crippen LogP) is 4.97. The number of esters is 2. The van der Waals surface area contributed by atoms with Crippen molar-refractivity contribution in [3.63, 3.8) is 0 Å². The molecule has 2 aromatic rings.